The molecular weight excluding hydrogens is 272 g/mol. The van der Waals surface area contributed by atoms with Crippen LogP contribution in [0.3, 0.4) is 0 Å². The Labute approximate surface area is 123 Å². The molecule has 1 aliphatic heterocycles. The smallest absolute Gasteiger partial charge is 0.335 e. The normalized spacial score (nSPS) is 18.0. The summed E-state index contributed by atoms with van der Waals surface area (Å²) in [4.78, 5) is 29.6. The summed E-state index contributed by atoms with van der Waals surface area (Å²) in [7, 11) is 0. The minimum Gasteiger partial charge on any atom is -0.478 e. The summed E-state index contributed by atoms with van der Waals surface area (Å²) in [6.07, 6.45) is 1.84. The van der Waals surface area contributed by atoms with E-state index >= 15 is 0 Å². The number of rotatable bonds is 5. The highest BCUT2D eigenvalue weighted by molar-refractivity contribution is 5.96. The average Bonchev–Trinajstić information content (AvgIpc) is 2.91. The number of aromatic nitrogens is 1. The van der Waals surface area contributed by atoms with E-state index in [4.69, 9.17) is 9.84 Å². The number of pyridine rings is 1. The zero-order valence-electron chi connectivity index (χ0n) is 12.3. The molecule has 0 aromatic carbocycles. The fraction of sp³-hybridized carbons (Fsp3) is 0.533. The van der Waals surface area contributed by atoms with Gasteiger partial charge in [0.25, 0.3) is 5.91 Å². The molecule has 2 rings (SSSR count). The first kappa shape index (κ1) is 15.4. The summed E-state index contributed by atoms with van der Waals surface area (Å²) in [5, 5.41) is 9.08. The Hall–Kier alpha value is -1.95. The average molecular weight is 292 g/mol. The van der Waals surface area contributed by atoms with Crippen molar-refractivity contribution in [1.82, 2.24) is 9.88 Å². The van der Waals surface area contributed by atoms with Crippen LogP contribution in [0.25, 0.3) is 0 Å². The third-order valence-electron chi connectivity index (χ3n) is 3.57. The van der Waals surface area contributed by atoms with Crippen LogP contribution < -0.4 is 0 Å². The van der Waals surface area contributed by atoms with Crippen LogP contribution in [0.1, 0.15) is 46.3 Å². The second kappa shape index (κ2) is 6.67. The quantitative estimate of drug-likeness (QED) is 0.894. The Balaban J connectivity index is 2.21. The Kier molecular flexibility index (Phi) is 4.90. The molecule has 1 amide bonds. The predicted octanol–water partition coefficient (Wildman–Crippen LogP) is 1.73. The lowest BCUT2D eigenvalue weighted by atomic mass is 10.1. The topological polar surface area (TPSA) is 79.7 Å². The molecule has 1 atom stereocenters. The Bertz CT molecular complexity index is 544. The van der Waals surface area contributed by atoms with Crippen molar-refractivity contribution in [2.24, 2.45) is 0 Å². The van der Waals surface area contributed by atoms with Gasteiger partial charge in [0.1, 0.15) is 5.69 Å². The molecule has 0 spiro atoms. The molecule has 1 aromatic rings. The molecular formula is C15H20N2O4. The fourth-order valence-corrected chi connectivity index (χ4v) is 2.58. The van der Waals surface area contributed by atoms with Gasteiger partial charge in [-0.15, -0.1) is 0 Å². The molecule has 114 valence electrons. The fourth-order valence-electron chi connectivity index (χ4n) is 2.58. The van der Waals surface area contributed by atoms with Crippen LogP contribution in [0.2, 0.25) is 0 Å². The van der Waals surface area contributed by atoms with E-state index < -0.39 is 5.97 Å². The van der Waals surface area contributed by atoms with Gasteiger partial charge in [0.2, 0.25) is 0 Å². The highest BCUT2D eigenvalue weighted by Crippen LogP contribution is 2.20. The molecule has 6 heteroatoms. The zero-order valence-corrected chi connectivity index (χ0v) is 12.3. The van der Waals surface area contributed by atoms with E-state index in [0.29, 0.717) is 25.5 Å². The van der Waals surface area contributed by atoms with Crippen LogP contribution in [0, 0.1) is 6.92 Å². The van der Waals surface area contributed by atoms with Crippen LogP contribution in [0.4, 0.5) is 0 Å². The lowest BCUT2D eigenvalue weighted by Crippen LogP contribution is -2.38. The first-order valence-electron chi connectivity index (χ1n) is 7.13. The number of hydrogen-bond acceptors (Lipinski definition) is 4. The van der Waals surface area contributed by atoms with Crippen molar-refractivity contribution in [1.29, 1.82) is 0 Å². The number of carboxylic acid groups (broad SMARTS) is 1. The maximum Gasteiger partial charge on any atom is 0.335 e. The Morgan fingerprint density at radius 1 is 1.48 bits per heavy atom. The summed E-state index contributed by atoms with van der Waals surface area (Å²) in [6.45, 7) is 5.39. The maximum absolute atomic E-state index is 12.6. The standard InChI is InChI=1S/C15H20N2O4/c1-3-21-9-12-5-4-6-17(12)14(18)13-8-11(15(19)20)7-10(2)16-13/h7-8,12H,3-6,9H2,1-2H3,(H,19,20). The van der Waals surface area contributed by atoms with Crippen molar-refractivity contribution >= 4 is 11.9 Å². The summed E-state index contributed by atoms with van der Waals surface area (Å²) in [5.41, 5.74) is 0.806. The maximum atomic E-state index is 12.6. The van der Waals surface area contributed by atoms with Crippen LogP contribution in [-0.4, -0.2) is 52.7 Å². The Morgan fingerprint density at radius 2 is 2.24 bits per heavy atom. The summed E-state index contributed by atoms with van der Waals surface area (Å²) < 4.78 is 5.41. The van der Waals surface area contributed by atoms with Crippen LogP contribution in [-0.2, 0) is 4.74 Å². The monoisotopic (exact) mass is 292 g/mol. The SMILES string of the molecule is CCOCC1CCCN1C(=O)c1cc(C(=O)O)cc(C)n1. The lowest BCUT2D eigenvalue weighted by Gasteiger charge is -2.24. The van der Waals surface area contributed by atoms with Crippen LogP contribution >= 0.6 is 0 Å². The lowest BCUT2D eigenvalue weighted by molar-refractivity contribution is 0.0559. The number of aryl methyl sites for hydroxylation is 1. The highest BCUT2D eigenvalue weighted by Gasteiger charge is 2.30. The van der Waals surface area contributed by atoms with Gasteiger partial charge < -0.3 is 14.7 Å². The molecule has 2 heterocycles. The number of carbonyl (C=O) groups excluding carboxylic acids is 1. The number of nitrogens with zero attached hydrogens (tertiary/aromatic N) is 2. The second-order valence-electron chi connectivity index (χ2n) is 5.14. The van der Waals surface area contributed by atoms with Gasteiger partial charge in [-0.3, -0.25) is 4.79 Å². The number of aromatic carboxylic acids is 1. The molecule has 21 heavy (non-hydrogen) atoms. The summed E-state index contributed by atoms with van der Waals surface area (Å²) in [6, 6.07) is 2.85. The largest absolute Gasteiger partial charge is 0.478 e. The summed E-state index contributed by atoms with van der Waals surface area (Å²) >= 11 is 0. The molecule has 1 aliphatic rings. The Morgan fingerprint density at radius 3 is 2.90 bits per heavy atom. The van der Waals surface area contributed by atoms with Gasteiger partial charge >= 0.3 is 5.97 Å². The van der Waals surface area contributed by atoms with Crippen LogP contribution in [0.15, 0.2) is 12.1 Å². The zero-order chi connectivity index (χ0) is 15.4. The molecule has 1 aromatic heterocycles. The van der Waals surface area contributed by atoms with E-state index in [1.54, 1.807) is 11.8 Å². The van der Waals surface area contributed by atoms with E-state index in [1.807, 2.05) is 6.92 Å². The molecule has 1 N–H and O–H groups in total. The van der Waals surface area contributed by atoms with Gasteiger partial charge in [-0.25, -0.2) is 9.78 Å². The minimum absolute atomic E-state index is 0.0491. The minimum atomic E-state index is -1.05. The van der Waals surface area contributed by atoms with E-state index in [0.717, 1.165) is 12.8 Å². The second-order valence-corrected chi connectivity index (χ2v) is 5.14. The number of carboxylic acids is 1. The number of carbonyl (C=O) groups is 2. The molecule has 0 radical (unpaired) electrons. The number of amides is 1. The molecule has 1 unspecified atom stereocenters. The first-order valence-corrected chi connectivity index (χ1v) is 7.13. The molecule has 0 saturated carbocycles. The van der Waals surface area contributed by atoms with Crippen LogP contribution in [0.5, 0.6) is 0 Å². The third-order valence-corrected chi connectivity index (χ3v) is 3.57. The van der Waals surface area contributed by atoms with Gasteiger partial charge in [-0.05, 0) is 38.8 Å². The van der Waals surface area contributed by atoms with E-state index in [9.17, 15) is 9.59 Å². The van der Waals surface area contributed by atoms with Crippen molar-refractivity contribution in [3.05, 3.63) is 29.1 Å². The highest BCUT2D eigenvalue weighted by atomic mass is 16.5. The van der Waals surface area contributed by atoms with E-state index in [1.165, 1.54) is 12.1 Å². The number of hydrogen-bond donors (Lipinski definition) is 1. The molecule has 0 aliphatic carbocycles. The molecule has 0 bridgehead atoms. The molecule has 1 saturated heterocycles. The van der Waals surface area contributed by atoms with E-state index in [-0.39, 0.29) is 23.2 Å². The molecule has 1 fully saturated rings. The van der Waals surface area contributed by atoms with Gasteiger partial charge in [0, 0.05) is 18.8 Å². The first-order chi connectivity index (χ1) is 10.0. The van der Waals surface area contributed by atoms with Gasteiger partial charge in [0.05, 0.1) is 18.2 Å². The van der Waals surface area contributed by atoms with Gasteiger partial charge in [-0.1, -0.05) is 0 Å². The number of likely N-dealkylation sites (tertiary alicyclic amines) is 1. The van der Waals surface area contributed by atoms with Crippen molar-refractivity contribution in [2.75, 3.05) is 19.8 Å². The number of ether oxygens (including phenoxy) is 1. The van der Waals surface area contributed by atoms with E-state index in [2.05, 4.69) is 4.98 Å². The van der Waals surface area contributed by atoms with Crippen molar-refractivity contribution < 1.29 is 19.4 Å². The van der Waals surface area contributed by atoms with Crippen molar-refractivity contribution in [2.45, 2.75) is 32.7 Å². The van der Waals surface area contributed by atoms with Gasteiger partial charge in [0.15, 0.2) is 0 Å². The van der Waals surface area contributed by atoms with Crippen molar-refractivity contribution in [3.63, 3.8) is 0 Å². The predicted molar refractivity (Wildman–Crippen MR) is 76.5 cm³/mol. The van der Waals surface area contributed by atoms with Gasteiger partial charge in [-0.2, -0.15) is 0 Å². The van der Waals surface area contributed by atoms with Crippen molar-refractivity contribution in [3.8, 4) is 0 Å². The summed E-state index contributed by atoms with van der Waals surface area (Å²) in [5.74, 6) is -1.27. The third kappa shape index (κ3) is 3.58. The molecule has 6 nitrogen and oxygen atoms in total.